The number of nitrogens with zero attached hydrogens (tertiary/aromatic N) is 3. The average Bonchev–Trinajstić information content (AvgIpc) is 3.21. The summed E-state index contributed by atoms with van der Waals surface area (Å²) in [4.78, 5) is 8.26. The number of nitriles is 1. The van der Waals surface area contributed by atoms with E-state index in [0.717, 1.165) is 38.2 Å². The van der Waals surface area contributed by atoms with Gasteiger partial charge in [0.2, 0.25) is 10.0 Å². The van der Waals surface area contributed by atoms with Gasteiger partial charge in [-0.25, -0.2) is 13.1 Å². The van der Waals surface area contributed by atoms with Crippen molar-refractivity contribution in [2.75, 3.05) is 39.3 Å². The Morgan fingerprint density at radius 1 is 1.03 bits per heavy atom. The molecule has 0 saturated carbocycles. The Morgan fingerprint density at radius 3 is 2.45 bits per heavy atom. The summed E-state index contributed by atoms with van der Waals surface area (Å²) >= 11 is 0. The molecule has 33 heavy (non-hydrogen) atoms. The van der Waals surface area contributed by atoms with Gasteiger partial charge in [0.1, 0.15) is 0 Å². The molecule has 0 spiro atoms. The minimum atomic E-state index is -3.59. The van der Waals surface area contributed by atoms with Gasteiger partial charge in [0.05, 0.1) is 28.7 Å². The van der Waals surface area contributed by atoms with Crippen LogP contribution in [0.25, 0.3) is 10.9 Å². The van der Waals surface area contributed by atoms with E-state index >= 15 is 0 Å². The molecule has 2 saturated heterocycles. The van der Waals surface area contributed by atoms with Gasteiger partial charge in [-0.3, -0.25) is 9.80 Å². The number of para-hydroxylation sites is 1. The van der Waals surface area contributed by atoms with Crippen molar-refractivity contribution in [2.24, 2.45) is 0 Å². The zero-order chi connectivity index (χ0) is 22.8. The SMILES string of the molecule is N#Cc1ccc(S(=O)(=O)NCCN2CC3CN(Cc4c[nH]c5ccccc45)CC(C2)O3)cc1. The molecule has 2 aromatic carbocycles. The smallest absolute Gasteiger partial charge is 0.240 e. The minimum absolute atomic E-state index is 0.123. The van der Waals surface area contributed by atoms with Crippen LogP contribution in [0.15, 0.2) is 59.6 Å². The number of morpholine rings is 2. The number of sulfonamides is 1. The Kier molecular flexibility index (Phi) is 6.19. The standard InChI is InChI=1S/C24H27N5O3S/c25-11-18-5-7-22(8-6-18)33(30,31)27-9-10-28-14-20-16-29(17-21(15-28)32-20)13-19-12-26-24-4-2-1-3-23(19)24/h1-8,12,20-21,26-27H,9-10,13-17H2. The summed E-state index contributed by atoms with van der Waals surface area (Å²) in [5.74, 6) is 0. The first-order valence-electron chi connectivity index (χ1n) is 11.2. The zero-order valence-electron chi connectivity index (χ0n) is 18.3. The lowest BCUT2D eigenvalue weighted by molar-refractivity contribution is -0.139. The summed E-state index contributed by atoms with van der Waals surface area (Å²) in [6.45, 7) is 5.17. The van der Waals surface area contributed by atoms with E-state index in [0.29, 0.717) is 18.7 Å². The highest BCUT2D eigenvalue weighted by atomic mass is 32.2. The molecule has 1 aromatic heterocycles. The molecule has 2 aliphatic rings. The fourth-order valence-corrected chi connectivity index (χ4v) is 5.83. The van der Waals surface area contributed by atoms with Crippen LogP contribution in [0, 0.1) is 11.3 Å². The van der Waals surface area contributed by atoms with Crippen molar-refractivity contribution < 1.29 is 13.2 Å². The molecule has 2 bridgehead atoms. The van der Waals surface area contributed by atoms with Crippen LogP contribution < -0.4 is 4.72 Å². The molecular formula is C24H27N5O3S. The van der Waals surface area contributed by atoms with E-state index in [4.69, 9.17) is 10.00 Å². The molecule has 2 atom stereocenters. The van der Waals surface area contributed by atoms with E-state index in [9.17, 15) is 8.42 Å². The molecule has 2 unspecified atom stereocenters. The van der Waals surface area contributed by atoms with Crippen molar-refractivity contribution in [3.05, 3.63) is 65.9 Å². The maximum atomic E-state index is 12.5. The average molecular weight is 466 g/mol. The number of hydrogen-bond donors (Lipinski definition) is 2. The van der Waals surface area contributed by atoms with Crippen molar-refractivity contribution in [1.29, 1.82) is 5.26 Å². The molecule has 2 N–H and O–H groups in total. The molecule has 0 amide bonds. The van der Waals surface area contributed by atoms with E-state index in [1.54, 1.807) is 0 Å². The number of nitrogens with one attached hydrogen (secondary N) is 2. The van der Waals surface area contributed by atoms with E-state index in [-0.39, 0.29) is 17.1 Å². The summed E-state index contributed by atoms with van der Waals surface area (Å²) < 4.78 is 33.9. The Labute approximate surface area is 193 Å². The van der Waals surface area contributed by atoms with Crippen LogP contribution in [0.4, 0.5) is 0 Å². The monoisotopic (exact) mass is 465 g/mol. The third kappa shape index (κ3) is 4.95. The highest BCUT2D eigenvalue weighted by molar-refractivity contribution is 7.89. The topological polar surface area (TPSA) is 101 Å². The second-order valence-corrected chi connectivity index (χ2v) is 10.5. The first-order chi connectivity index (χ1) is 16.0. The van der Waals surface area contributed by atoms with Crippen LogP contribution in [0.5, 0.6) is 0 Å². The Morgan fingerprint density at radius 2 is 1.73 bits per heavy atom. The Bertz CT molecular complexity index is 1250. The summed E-state index contributed by atoms with van der Waals surface area (Å²) in [6, 6.07) is 16.3. The van der Waals surface area contributed by atoms with E-state index < -0.39 is 10.0 Å². The molecule has 2 aliphatic heterocycles. The lowest BCUT2D eigenvalue weighted by Crippen LogP contribution is -2.59. The highest BCUT2D eigenvalue weighted by Crippen LogP contribution is 2.24. The summed E-state index contributed by atoms with van der Waals surface area (Å²) in [6.07, 6.45) is 2.35. The normalized spacial score (nSPS) is 21.8. The van der Waals surface area contributed by atoms with Gasteiger partial charge in [-0.1, -0.05) is 18.2 Å². The van der Waals surface area contributed by atoms with Crippen molar-refractivity contribution in [2.45, 2.75) is 23.6 Å². The number of hydrogen-bond acceptors (Lipinski definition) is 6. The van der Waals surface area contributed by atoms with Crippen LogP contribution in [-0.2, 0) is 21.3 Å². The minimum Gasteiger partial charge on any atom is -0.370 e. The second kappa shape index (κ2) is 9.25. The van der Waals surface area contributed by atoms with Gasteiger partial charge in [0.25, 0.3) is 0 Å². The van der Waals surface area contributed by atoms with Crippen molar-refractivity contribution in [3.63, 3.8) is 0 Å². The number of benzene rings is 2. The third-order valence-electron chi connectivity index (χ3n) is 6.31. The fourth-order valence-electron chi connectivity index (χ4n) is 4.81. The van der Waals surface area contributed by atoms with Crippen molar-refractivity contribution in [1.82, 2.24) is 19.5 Å². The van der Waals surface area contributed by atoms with Gasteiger partial charge >= 0.3 is 0 Å². The van der Waals surface area contributed by atoms with E-state index in [2.05, 4.69) is 43.9 Å². The van der Waals surface area contributed by atoms with Gasteiger partial charge in [-0.15, -0.1) is 0 Å². The predicted molar refractivity (Wildman–Crippen MR) is 125 cm³/mol. The van der Waals surface area contributed by atoms with Crippen LogP contribution in [-0.4, -0.2) is 74.7 Å². The van der Waals surface area contributed by atoms with E-state index in [1.807, 2.05) is 12.1 Å². The third-order valence-corrected chi connectivity index (χ3v) is 7.79. The molecule has 0 aliphatic carbocycles. The first-order valence-corrected chi connectivity index (χ1v) is 12.6. The van der Waals surface area contributed by atoms with Crippen LogP contribution in [0.2, 0.25) is 0 Å². The van der Waals surface area contributed by atoms with Crippen LogP contribution in [0.3, 0.4) is 0 Å². The lowest BCUT2D eigenvalue weighted by atomic mass is 10.1. The summed E-state index contributed by atoms with van der Waals surface area (Å²) in [5.41, 5.74) is 2.91. The van der Waals surface area contributed by atoms with Crippen LogP contribution in [0.1, 0.15) is 11.1 Å². The Hall–Kier alpha value is -2.74. The number of aromatic nitrogens is 1. The predicted octanol–water partition coefficient (Wildman–Crippen LogP) is 1.90. The number of aromatic amines is 1. The molecular weight excluding hydrogens is 438 g/mol. The number of ether oxygens (including phenoxy) is 1. The van der Waals surface area contributed by atoms with Crippen molar-refractivity contribution >= 4 is 20.9 Å². The van der Waals surface area contributed by atoms with Gasteiger partial charge in [0, 0.05) is 62.9 Å². The molecule has 9 heteroatoms. The molecule has 3 heterocycles. The van der Waals surface area contributed by atoms with Gasteiger partial charge in [0.15, 0.2) is 0 Å². The maximum absolute atomic E-state index is 12.5. The molecule has 2 fully saturated rings. The highest BCUT2D eigenvalue weighted by Gasteiger charge is 2.35. The molecule has 8 nitrogen and oxygen atoms in total. The number of H-pyrrole nitrogens is 1. The summed E-state index contributed by atoms with van der Waals surface area (Å²) in [5, 5.41) is 10.1. The van der Waals surface area contributed by atoms with Crippen molar-refractivity contribution in [3.8, 4) is 6.07 Å². The van der Waals surface area contributed by atoms with Gasteiger partial charge in [-0.05, 0) is 35.9 Å². The van der Waals surface area contributed by atoms with E-state index in [1.165, 1.54) is 35.2 Å². The molecule has 5 rings (SSSR count). The molecule has 172 valence electrons. The quantitative estimate of drug-likeness (QED) is 0.553. The van der Waals surface area contributed by atoms with Crippen LogP contribution >= 0.6 is 0 Å². The number of fused-ring (bicyclic) bond motifs is 3. The largest absolute Gasteiger partial charge is 0.370 e. The Balaban J connectivity index is 1.13. The van der Waals surface area contributed by atoms with Gasteiger partial charge < -0.3 is 9.72 Å². The lowest BCUT2D eigenvalue weighted by Gasteiger charge is -2.45. The molecule has 3 aromatic rings. The second-order valence-electron chi connectivity index (χ2n) is 8.73. The molecule has 0 radical (unpaired) electrons. The van der Waals surface area contributed by atoms with Gasteiger partial charge in [-0.2, -0.15) is 5.26 Å². The number of rotatable bonds is 7. The summed E-state index contributed by atoms with van der Waals surface area (Å²) in [7, 11) is -3.59. The first kappa shape index (κ1) is 22.1. The fraction of sp³-hybridized carbons (Fsp3) is 0.375. The zero-order valence-corrected chi connectivity index (χ0v) is 19.1. The maximum Gasteiger partial charge on any atom is 0.240 e.